The summed E-state index contributed by atoms with van der Waals surface area (Å²) in [5.74, 6) is -0.681. The quantitative estimate of drug-likeness (QED) is 0.146. The van der Waals surface area contributed by atoms with E-state index in [0.29, 0.717) is 29.2 Å². The summed E-state index contributed by atoms with van der Waals surface area (Å²) in [6.07, 6.45) is 1.64. The summed E-state index contributed by atoms with van der Waals surface area (Å²) >= 11 is 0. The lowest BCUT2D eigenvalue weighted by Crippen LogP contribution is -2.38. The van der Waals surface area contributed by atoms with Crippen molar-refractivity contribution in [1.29, 1.82) is 0 Å². The van der Waals surface area contributed by atoms with Crippen molar-refractivity contribution in [2.24, 2.45) is 0 Å². The van der Waals surface area contributed by atoms with Gasteiger partial charge in [-0.05, 0) is 67.9 Å². The van der Waals surface area contributed by atoms with E-state index >= 15 is 0 Å². The van der Waals surface area contributed by atoms with Crippen LogP contribution in [0.3, 0.4) is 0 Å². The van der Waals surface area contributed by atoms with Gasteiger partial charge in [0.2, 0.25) is 5.91 Å². The van der Waals surface area contributed by atoms with Gasteiger partial charge < -0.3 is 14.8 Å². The number of rotatable bonds is 12. The standard InChI is InChI=1S/C27H29N3O8S/c1-4-5-16-38-27(32)20-7-9-21(10-8-20)28-26(31)18-29(22-11-13-23(37-3)14-12-22)39(35,36)24-15-6-19(2)25(17-24)30(33)34/h6-15,17H,4-5,16,18H2,1-3H3,(H,28,31). The van der Waals surface area contributed by atoms with Gasteiger partial charge in [-0.3, -0.25) is 19.2 Å². The van der Waals surface area contributed by atoms with Gasteiger partial charge in [0, 0.05) is 17.3 Å². The van der Waals surface area contributed by atoms with Gasteiger partial charge in [-0.1, -0.05) is 19.4 Å². The molecule has 1 amide bonds. The molecule has 3 rings (SSSR count). The fraction of sp³-hybridized carbons (Fsp3) is 0.259. The van der Waals surface area contributed by atoms with Crippen LogP contribution in [0.2, 0.25) is 0 Å². The van der Waals surface area contributed by atoms with Crippen molar-refractivity contribution < 1.29 is 32.4 Å². The molecule has 0 radical (unpaired) electrons. The Balaban J connectivity index is 1.86. The number of carbonyl (C=O) groups excluding carboxylic acids is 2. The van der Waals surface area contributed by atoms with Crippen LogP contribution in [-0.2, 0) is 19.6 Å². The monoisotopic (exact) mass is 555 g/mol. The summed E-state index contributed by atoms with van der Waals surface area (Å²) in [7, 11) is -2.94. The molecule has 0 aliphatic rings. The number of unbranched alkanes of at least 4 members (excludes halogenated alkanes) is 1. The van der Waals surface area contributed by atoms with Crippen LogP contribution in [0.5, 0.6) is 5.75 Å². The molecule has 3 aromatic carbocycles. The van der Waals surface area contributed by atoms with E-state index in [0.717, 1.165) is 23.2 Å². The van der Waals surface area contributed by atoms with Gasteiger partial charge in [-0.2, -0.15) is 0 Å². The van der Waals surface area contributed by atoms with Crippen molar-refractivity contribution in [2.45, 2.75) is 31.6 Å². The average Bonchev–Trinajstić information content (AvgIpc) is 2.92. The molecule has 1 N–H and O–H groups in total. The van der Waals surface area contributed by atoms with Crippen molar-refractivity contribution in [3.63, 3.8) is 0 Å². The van der Waals surface area contributed by atoms with Crippen molar-refractivity contribution in [3.05, 3.63) is 88.0 Å². The topological polar surface area (TPSA) is 145 Å². The second-order valence-electron chi connectivity index (χ2n) is 8.53. The number of esters is 1. The number of hydrogen-bond donors (Lipinski definition) is 1. The van der Waals surface area contributed by atoms with Gasteiger partial charge in [-0.15, -0.1) is 0 Å². The molecule has 0 saturated heterocycles. The minimum atomic E-state index is -4.40. The molecule has 0 spiro atoms. The van der Waals surface area contributed by atoms with E-state index in [1.54, 1.807) is 0 Å². The number of anilines is 2. The summed E-state index contributed by atoms with van der Waals surface area (Å²) in [4.78, 5) is 35.5. The third-order valence-electron chi connectivity index (χ3n) is 5.75. The van der Waals surface area contributed by atoms with E-state index in [1.807, 2.05) is 6.92 Å². The number of amides is 1. The Hall–Kier alpha value is -4.45. The minimum Gasteiger partial charge on any atom is -0.497 e. The van der Waals surface area contributed by atoms with Gasteiger partial charge in [0.05, 0.1) is 34.8 Å². The number of ether oxygens (including phenoxy) is 2. The van der Waals surface area contributed by atoms with Gasteiger partial charge >= 0.3 is 5.97 Å². The molecule has 0 bridgehead atoms. The number of aryl methyl sites for hydroxylation is 1. The number of sulfonamides is 1. The highest BCUT2D eigenvalue weighted by Crippen LogP contribution is 2.29. The smallest absolute Gasteiger partial charge is 0.338 e. The van der Waals surface area contributed by atoms with Crippen LogP contribution in [0.1, 0.15) is 35.7 Å². The molecule has 39 heavy (non-hydrogen) atoms. The number of methoxy groups -OCH3 is 1. The van der Waals surface area contributed by atoms with Crippen LogP contribution in [0.25, 0.3) is 0 Å². The molecule has 0 aliphatic heterocycles. The minimum absolute atomic E-state index is 0.152. The lowest BCUT2D eigenvalue weighted by atomic mass is 10.2. The summed E-state index contributed by atoms with van der Waals surface area (Å²) in [6.45, 7) is 3.17. The zero-order valence-corrected chi connectivity index (χ0v) is 22.6. The van der Waals surface area contributed by atoms with Crippen molar-refractivity contribution in [1.82, 2.24) is 0 Å². The van der Waals surface area contributed by atoms with E-state index in [2.05, 4.69) is 5.32 Å². The maximum atomic E-state index is 13.6. The number of benzene rings is 3. The molecular formula is C27H29N3O8S. The Bertz CT molecular complexity index is 1440. The number of nitro benzene ring substituents is 1. The lowest BCUT2D eigenvalue weighted by molar-refractivity contribution is -0.385. The zero-order valence-electron chi connectivity index (χ0n) is 21.7. The number of carbonyl (C=O) groups is 2. The second kappa shape index (κ2) is 12.9. The molecule has 0 unspecified atom stereocenters. The molecule has 0 saturated carbocycles. The lowest BCUT2D eigenvalue weighted by Gasteiger charge is -2.24. The predicted octanol–water partition coefficient (Wildman–Crippen LogP) is 4.70. The van der Waals surface area contributed by atoms with E-state index in [1.165, 1.54) is 74.7 Å². The molecule has 0 heterocycles. The molecule has 0 fully saturated rings. The van der Waals surface area contributed by atoms with E-state index in [9.17, 15) is 28.1 Å². The van der Waals surface area contributed by atoms with Crippen molar-refractivity contribution >= 4 is 39.0 Å². The average molecular weight is 556 g/mol. The molecule has 12 heteroatoms. The molecule has 0 atom stereocenters. The first-order valence-electron chi connectivity index (χ1n) is 12.1. The molecule has 0 aromatic heterocycles. The first kappa shape index (κ1) is 29.1. The van der Waals surface area contributed by atoms with E-state index in [4.69, 9.17) is 9.47 Å². The Morgan fingerprint density at radius 1 is 1.03 bits per heavy atom. The fourth-order valence-corrected chi connectivity index (χ4v) is 4.99. The Morgan fingerprint density at radius 2 is 1.69 bits per heavy atom. The van der Waals surface area contributed by atoms with Crippen LogP contribution >= 0.6 is 0 Å². The van der Waals surface area contributed by atoms with Gasteiger partial charge in [0.25, 0.3) is 15.7 Å². The Morgan fingerprint density at radius 3 is 2.28 bits per heavy atom. The third-order valence-corrected chi connectivity index (χ3v) is 7.52. The van der Waals surface area contributed by atoms with Gasteiger partial charge in [0.15, 0.2) is 0 Å². The predicted molar refractivity (Wildman–Crippen MR) is 146 cm³/mol. The first-order valence-corrected chi connectivity index (χ1v) is 13.5. The number of nitrogens with zero attached hydrogens (tertiary/aromatic N) is 2. The zero-order chi connectivity index (χ0) is 28.6. The summed E-state index contributed by atoms with van der Waals surface area (Å²) < 4.78 is 38.4. The van der Waals surface area contributed by atoms with E-state index < -0.39 is 33.4 Å². The van der Waals surface area contributed by atoms with Crippen LogP contribution in [0.4, 0.5) is 17.1 Å². The Labute approximate surface area is 226 Å². The Kier molecular flexibility index (Phi) is 9.61. The molecule has 11 nitrogen and oxygen atoms in total. The number of hydrogen-bond acceptors (Lipinski definition) is 8. The van der Waals surface area contributed by atoms with Crippen molar-refractivity contribution in [3.8, 4) is 5.75 Å². The second-order valence-corrected chi connectivity index (χ2v) is 10.4. The highest BCUT2D eigenvalue weighted by Gasteiger charge is 2.29. The fourth-order valence-electron chi connectivity index (χ4n) is 3.55. The van der Waals surface area contributed by atoms with Crippen LogP contribution in [-0.4, -0.2) is 45.5 Å². The maximum absolute atomic E-state index is 13.6. The normalized spacial score (nSPS) is 10.9. The van der Waals surface area contributed by atoms with E-state index in [-0.39, 0.29) is 16.3 Å². The largest absolute Gasteiger partial charge is 0.497 e. The first-order chi connectivity index (χ1) is 18.6. The molecule has 0 aliphatic carbocycles. The molecule has 3 aromatic rings. The highest BCUT2D eigenvalue weighted by molar-refractivity contribution is 7.92. The SMILES string of the molecule is CCCCOC(=O)c1ccc(NC(=O)CN(c2ccc(OC)cc2)S(=O)(=O)c2ccc(C)c([N+](=O)[O-])c2)cc1. The number of nitro groups is 1. The molecular weight excluding hydrogens is 526 g/mol. The van der Waals surface area contributed by atoms with Crippen LogP contribution < -0.4 is 14.4 Å². The highest BCUT2D eigenvalue weighted by atomic mass is 32.2. The van der Waals surface area contributed by atoms with Gasteiger partial charge in [-0.25, -0.2) is 13.2 Å². The third kappa shape index (κ3) is 7.32. The van der Waals surface area contributed by atoms with Crippen LogP contribution in [0.15, 0.2) is 71.6 Å². The summed E-state index contributed by atoms with van der Waals surface area (Å²) in [6, 6.07) is 15.6. The maximum Gasteiger partial charge on any atom is 0.338 e. The number of nitrogens with one attached hydrogen (secondary N) is 1. The molecule has 206 valence electrons. The van der Waals surface area contributed by atoms with Crippen molar-refractivity contribution in [2.75, 3.05) is 29.9 Å². The summed E-state index contributed by atoms with van der Waals surface area (Å²) in [5, 5.41) is 14.0. The van der Waals surface area contributed by atoms with Crippen LogP contribution in [0, 0.1) is 17.0 Å². The summed E-state index contributed by atoms with van der Waals surface area (Å²) in [5.41, 5.74) is 0.740. The van der Waals surface area contributed by atoms with Gasteiger partial charge in [0.1, 0.15) is 12.3 Å².